The maximum atomic E-state index is 13.5. The molecule has 242 valence electrons. The third-order valence-corrected chi connectivity index (χ3v) is 8.04. The van der Waals surface area contributed by atoms with Crippen molar-refractivity contribution in [1.82, 2.24) is 10.3 Å². The predicted molar refractivity (Wildman–Crippen MR) is 165 cm³/mol. The zero-order valence-corrected chi connectivity index (χ0v) is 26.7. The van der Waals surface area contributed by atoms with E-state index in [-0.39, 0.29) is 35.8 Å². The molecule has 1 aliphatic heterocycles. The SMILES string of the molecule is CCOCC(=O)OCOc1c(OC)ccnc1C(=O)N[C@H]1CCC[C@H](CCC(C)C)[C@@H](CCc2ccccc2)[C@H](C)OC1=O. The second kappa shape index (κ2) is 18.2. The monoisotopic (exact) mass is 612 g/mol. The molecule has 1 aromatic heterocycles. The molecule has 1 amide bonds. The van der Waals surface area contributed by atoms with Crippen molar-refractivity contribution in [1.29, 1.82) is 0 Å². The zero-order chi connectivity index (χ0) is 31.9. The summed E-state index contributed by atoms with van der Waals surface area (Å²) in [6.07, 6.45) is 7.26. The number of hydrogen-bond donors (Lipinski definition) is 1. The van der Waals surface area contributed by atoms with Crippen molar-refractivity contribution in [3.63, 3.8) is 0 Å². The number of carbonyl (C=O) groups excluding carboxylic acids is 3. The third-order valence-electron chi connectivity index (χ3n) is 8.04. The molecular formula is C34H48N2O8. The smallest absolute Gasteiger partial charge is 0.334 e. The Kier molecular flexibility index (Phi) is 14.4. The molecule has 10 heteroatoms. The van der Waals surface area contributed by atoms with Crippen LogP contribution in [0.3, 0.4) is 0 Å². The lowest BCUT2D eigenvalue weighted by Gasteiger charge is -2.32. The molecule has 0 spiro atoms. The number of esters is 2. The first kappa shape index (κ1) is 34.8. The molecule has 1 N–H and O–H groups in total. The Labute approximate surface area is 261 Å². The van der Waals surface area contributed by atoms with Gasteiger partial charge in [0.2, 0.25) is 6.79 Å². The summed E-state index contributed by atoms with van der Waals surface area (Å²) in [5.74, 6) is -0.274. The average Bonchev–Trinajstić information content (AvgIpc) is 3.06. The Morgan fingerprint density at radius 3 is 2.59 bits per heavy atom. The van der Waals surface area contributed by atoms with E-state index >= 15 is 0 Å². The minimum atomic E-state index is -0.853. The van der Waals surface area contributed by atoms with Crippen molar-refractivity contribution in [2.24, 2.45) is 17.8 Å². The highest BCUT2D eigenvalue weighted by atomic mass is 16.7. The highest BCUT2D eigenvalue weighted by molar-refractivity contribution is 5.98. The molecule has 4 atom stereocenters. The number of aromatic nitrogens is 1. The van der Waals surface area contributed by atoms with Crippen molar-refractivity contribution < 1.29 is 38.1 Å². The Balaban J connectivity index is 1.73. The fourth-order valence-corrected chi connectivity index (χ4v) is 5.64. The highest BCUT2D eigenvalue weighted by Crippen LogP contribution is 2.35. The number of pyridine rings is 1. The number of cyclic esters (lactones) is 1. The van der Waals surface area contributed by atoms with Gasteiger partial charge in [0.05, 0.1) is 7.11 Å². The Hall–Kier alpha value is -3.66. The summed E-state index contributed by atoms with van der Waals surface area (Å²) in [7, 11) is 1.42. The lowest BCUT2D eigenvalue weighted by atomic mass is 9.77. The molecule has 0 aliphatic carbocycles. The van der Waals surface area contributed by atoms with Gasteiger partial charge >= 0.3 is 11.9 Å². The Bertz CT molecular complexity index is 1190. The van der Waals surface area contributed by atoms with E-state index in [1.165, 1.54) is 24.9 Å². The number of carbonyl (C=O) groups is 3. The fourth-order valence-electron chi connectivity index (χ4n) is 5.64. The molecule has 10 nitrogen and oxygen atoms in total. The third kappa shape index (κ3) is 10.8. The van der Waals surface area contributed by atoms with Crippen LogP contribution in [0, 0.1) is 17.8 Å². The first-order chi connectivity index (χ1) is 21.2. The van der Waals surface area contributed by atoms with E-state index in [1.807, 2.05) is 25.1 Å². The number of methoxy groups -OCH3 is 1. The van der Waals surface area contributed by atoms with Gasteiger partial charge in [-0.05, 0) is 69.3 Å². The van der Waals surface area contributed by atoms with Crippen LogP contribution < -0.4 is 14.8 Å². The summed E-state index contributed by atoms with van der Waals surface area (Å²) in [5.41, 5.74) is 1.17. The normalized spacial score (nSPS) is 20.5. The Morgan fingerprint density at radius 2 is 1.89 bits per heavy atom. The summed E-state index contributed by atoms with van der Waals surface area (Å²) in [6, 6.07) is 11.1. The molecule has 0 saturated carbocycles. The number of nitrogens with one attached hydrogen (secondary N) is 1. The second-order valence-corrected chi connectivity index (χ2v) is 11.6. The number of benzene rings is 1. The van der Waals surface area contributed by atoms with E-state index in [0.717, 1.165) is 38.5 Å². The summed E-state index contributed by atoms with van der Waals surface area (Å²) >= 11 is 0. The van der Waals surface area contributed by atoms with Crippen LogP contribution in [0.4, 0.5) is 0 Å². The molecule has 1 aliphatic rings. The van der Waals surface area contributed by atoms with Crippen LogP contribution in [-0.4, -0.2) is 62.1 Å². The van der Waals surface area contributed by atoms with Crippen molar-refractivity contribution in [3.8, 4) is 11.5 Å². The summed E-state index contributed by atoms with van der Waals surface area (Å²) in [6.45, 7) is 7.88. The molecule has 0 bridgehead atoms. The number of aryl methyl sites for hydroxylation is 1. The first-order valence-corrected chi connectivity index (χ1v) is 15.7. The molecule has 2 aromatic rings. The first-order valence-electron chi connectivity index (χ1n) is 15.7. The highest BCUT2D eigenvalue weighted by Gasteiger charge is 2.34. The summed E-state index contributed by atoms with van der Waals surface area (Å²) in [5, 5.41) is 2.82. The Morgan fingerprint density at radius 1 is 1.11 bits per heavy atom. The molecule has 1 saturated heterocycles. The van der Waals surface area contributed by atoms with Gasteiger partial charge < -0.3 is 29.0 Å². The van der Waals surface area contributed by atoms with E-state index in [1.54, 1.807) is 6.92 Å². The molecule has 0 unspecified atom stereocenters. The number of amides is 1. The number of rotatable bonds is 15. The molecule has 44 heavy (non-hydrogen) atoms. The minimum Gasteiger partial charge on any atom is -0.493 e. The van der Waals surface area contributed by atoms with E-state index in [4.69, 9.17) is 23.7 Å². The fraction of sp³-hybridized carbons (Fsp3) is 0.588. The van der Waals surface area contributed by atoms with Crippen molar-refractivity contribution in [3.05, 3.63) is 53.9 Å². The number of ether oxygens (including phenoxy) is 5. The van der Waals surface area contributed by atoms with Gasteiger partial charge in [0.15, 0.2) is 17.2 Å². The molecular weight excluding hydrogens is 564 g/mol. The average molecular weight is 613 g/mol. The van der Waals surface area contributed by atoms with Gasteiger partial charge in [0.25, 0.3) is 5.91 Å². The van der Waals surface area contributed by atoms with Crippen molar-refractivity contribution in [2.45, 2.75) is 84.8 Å². The van der Waals surface area contributed by atoms with Crippen LogP contribution in [0.2, 0.25) is 0 Å². The van der Waals surface area contributed by atoms with Crippen LogP contribution >= 0.6 is 0 Å². The minimum absolute atomic E-state index is 0.00348. The standard InChI is InChI=1S/C34H48N2O8/c1-6-41-21-30(37)42-22-43-32-29(40-5)19-20-35-31(32)33(38)36-28-14-10-13-26(17-15-23(2)3)27(24(4)44-34(28)39)18-16-25-11-8-7-9-12-25/h7-9,11-12,19-20,23-24,26-28H,6,10,13-18,21-22H2,1-5H3,(H,36,38)/t24-,26+,27-,28-/m0/s1. The van der Waals surface area contributed by atoms with Crippen LogP contribution in [0.25, 0.3) is 0 Å². The molecule has 0 radical (unpaired) electrons. The summed E-state index contributed by atoms with van der Waals surface area (Å²) < 4.78 is 27.1. The van der Waals surface area contributed by atoms with Gasteiger partial charge in [0, 0.05) is 18.9 Å². The van der Waals surface area contributed by atoms with Gasteiger partial charge in [0.1, 0.15) is 18.8 Å². The van der Waals surface area contributed by atoms with E-state index < -0.39 is 30.7 Å². The lowest BCUT2D eigenvalue weighted by molar-refractivity contribution is -0.156. The predicted octanol–water partition coefficient (Wildman–Crippen LogP) is 5.52. The molecule has 1 fully saturated rings. The second-order valence-electron chi connectivity index (χ2n) is 11.6. The van der Waals surface area contributed by atoms with E-state index in [0.29, 0.717) is 24.9 Å². The van der Waals surface area contributed by atoms with Crippen LogP contribution in [0.1, 0.15) is 82.3 Å². The van der Waals surface area contributed by atoms with Gasteiger partial charge in [-0.3, -0.25) is 4.79 Å². The summed E-state index contributed by atoms with van der Waals surface area (Å²) in [4.78, 5) is 42.9. The van der Waals surface area contributed by atoms with Gasteiger partial charge in [-0.1, -0.05) is 57.0 Å². The van der Waals surface area contributed by atoms with E-state index in [2.05, 4.69) is 36.3 Å². The van der Waals surface area contributed by atoms with Crippen LogP contribution in [0.5, 0.6) is 11.5 Å². The van der Waals surface area contributed by atoms with Crippen LogP contribution in [-0.2, 0) is 30.2 Å². The van der Waals surface area contributed by atoms with Gasteiger partial charge in [-0.2, -0.15) is 0 Å². The van der Waals surface area contributed by atoms with Gasteiger partial charge in [-0.15, -0.1) is 0 Å². The maximum Gasteiger partial charge on any atom is 0.334 e. The largest absolute Gasteiger partial charge is 0.493 e. The quantitative estimate of drug-likeness (QED) is 0.205. The molecule has 3 rings (SSSR count). The number of hydrogen-bond acceptors (Lipinski definition) is 9. The molecule has 2 heterocycles. The van der Waals surface area contributed by atoms with Crippen molar-refractivity contribution in [2.75, 3.05) is 27.1 Å². The number of nitrogens with zero attached hydrogens (tertiary/aromatic N) is 1. The molecule has 1 aromatic carbocycles. The maximum absolute atomic E-state index is 13.5. The van der Waals surface area contributed by atoms with E-state index in [9.17, 15) is 14.4 Å². The lowest BCUT2D eigenvalue weighted by Crippen LogP contribution is -2.43. The van der Waals surface area contributed by atoms with Crippen molar-refractivity contribution >= 4 is 17.8 Å². The van der Waals surface area contributed by atoms with Gasteiger partial charge in [-0.25, -0.2) is 14.6 Å². The zero-order valence-electron chi connectivity index (χ0n) is 26.7. The van der Waals surface area contributed by atoms with Crippen LogP contribution in [0.15, 0.2) is 42.6 Å². The topological polar surface area (TPSA) is 122 Å².